The lowest BCUT2D eigenvalue weighted by Crippen LogP contribution is -2.33. The molecule has 1 heterocycles. The van der Waals surface area contributed by atoms with E-state index in [2.05, 4.69) is 103 Å². The Labute approximate surface area is 160 Å². The van der Waals surface area contributed by atoms with E-state index in [-0.39, 0.29) is 0 Å². The van der Waals surface area contributed by atoms with Crippen LogP contribution in [0.4, 0.5) is 11.4 Å². The minimum Gasteiger partial charge on any atom is -0.399 e. The monoisotopic (exact) mass is 354 g/mol. The number of nitrogens with zero attached hydrogens (tertiary/aromatic N) is 2. The minimum atomic E-state index is 0.780. The van der Waals surface area contributed by atoms with Crippen LogP contribution in [0.3, 0.4) is 0 Å². The maximum absolute atomic E-state index is 6.10. The van der Waals surface area contributed by atoms with Gasteiger partial charge in [-0.25, -0.2) is 0 Å². The number of aryl methyl sites for hydroxylation is 1. The molecule has 3 nitrogen and oxygen atoms in total. The fourth-order valence-corrected chi connectivity index (χ4v) is 3.57. The summed E-state index contributed by atoms with van der Waals surface area (Å²) in [5.41, 5.74) is 11.6. The van der Waals surface area contributed by atoms with E-state index in [4.69, 9.17) is 5.73 Å². The summed E-state index contributed by atoms with van der Waals surface area (Å²) in [5, 5.41) is 3.63. The summed E-state index contributed by atoms with van der Waals surface area (Å²) in [6.45, 7) is 0. The van der Waals surface area contributed by atoms with E-state index in [1.54, 1.807) is 0 Å². The Morgan fingerprint density at radius 1 is 0.815 bits per heavy atom. The van der Waals surface area contributed by atoms with Gasteiger partial charge in [-0.3, -0.25) is 0 Å². The molecule has 0 spiro atoms. The second-order valence-electron chi connectivity index (χ2n) is 7.09. The summed E-state index contributed by atoms with van der Waals surface area (Å²) in [6, 6.07) is 23.2. The molecule has 0 aliphatic rings. The zero-order chi connectivity index (χ0) is 19.0. The molecule has 0 fully saturated rings. The number of fused-ring (bicyclic) bond motifs is 3. The van der Waals surface area contributed by atoms with Gasteiger partial charge in [0, 0.05) is 43.0 Å². The van der Waals surface area contributed by atoms with Crippen molar-refractivity contribution >= 4 is 45.2 Å². The number of hydrogen-bond acceptors (Lipinski definition) is 2. The van der Waals surface area contributed by atoms with Crippen LogP contribution in [0.2, 0.25) is 0 Å². The molecule has 2 N–H and O–H groups in total. The fourth-order valence-electron chi connectivity index (χ4n) is 3.57. The molecule has 4 rings (SSSR count). The first kappa shape index (κ1) is 17.1. The van der Waals surface area contributed by atoms with E-state index in [9.17, 15) is 0 Å². The number of anilines is 2. The highest BCUT2D eigenvalue weighted by atomic mass is 15.1. The Morgan fingerprint density at radius 3 is 2.30 bits per heavy atom. The van der Waals surface area contributed by atoms with Gasteiger partial charge in [0.1, 0.15) is 7.05 Å². The van der Waals surface area contributed by atoms with Crippen LogP contribution in [0, 0.1) is 0 Å². The number of aromatic nitrogens is 1. The third-order valence-corrected chi connectivity index (χ3v) is 5.08. The average molecular weight is 354 g/mol. The van der Waals surface area contributed by atoms with Gasteiger partial charge in [0.05, 0.1) is 10.8 Å². The van der Waals surface area contributed by atoms with Gasteiger partial charge in [0.2, 0.25) is 11.2 Å². The minimum absolute atomic E-state index is 0.780. The van der Waals surface area contributed by atoms with Gasteiger partial charge >= 0.3 is 0 Å². The molecule has 134 valence electrons. The molecule has 4 aromatic rings. The molecule has 0 saturated heterocycles. The first-order valence-corrected chi connectivity index (χ1v) is 9.10. The van der Waals surface area contributed by atoms with Crippen LogP contribution in [0.15, 0.2) is 66.7 Å². The number of hydrogen-bond donors (Lipinski definition) is 1. The highest BCUT2D eigenvalue weighted by molar-refractivity contribution is 6.07. The van der Waals surface area contributed by atoms with Crippen molar-refractivity contribution in [1.82, 2.24) is 0 Å². The van der Waals surface area contributed by atoms with Crippen LogP contribution in [0.5, 0.6) is 0 Å². The van der Waals surface area contributed by atoms with Gasteiger partial charge in [-0.15, -0.1) is 0 Å². The summed E-state index contributed by atoms with van der Waals surface area (Å²) in [6.07, 6.45) is 4.34. The Hall–Kier alpha value is -3.33. The van der Waals surface area contributed by atoms with Crippen LogP contribution in [-0.2, 0) is 7.05 Å². The maximum Gasteiger partial charge on any atom is 0.213 e. The molecule has 0 aliphatic carbocycles. The SMILES string of the molecule is CN(C)c1ccc(/C=C/c2c3cc(N)ccc3c3ccccc3[n+]2C)cc1. The predicted molar refractivity (Wildman–Crippen MR) is 117 cm³/mol. The zero-order valence-electron chi connectivity index (χ0n) is 16.0. The smallest absolute Gasteiger partial charge is 0.213 e. The standard InChI is InChI=1S/C24H24N3/c1-26(2)19-12-8-17(9-13-19)10-15-24-22-16-18(25)11-14-20(22)21-6-4-5-7-23(21)27(24)3/h4-16H,25H2,1-3H3/q+1. The largest absolute Gasteiger partial charge is 0.399 e. The number of pyridine rings is 1. The number of nitrogen functional groups attached to an aromatic ring is 1. The third-order valence-electron chi connectivity index (χ3n) is 5.08. The van der Waals surface area contributed by atoms with Crippen LogP contribution in [-0.4, -0.2) is 14.1 Å². The van der Waals surface area contributed by atoms with Crippen molar-refractivity contribution in [3.8, 4) is 0 Å². The third kappa shape index (κ3) is 3.13. The summed E-state index contributed by atoms with van der Waals surface area (Å²) in [7, 11) is 6.21. The molecule has 0 atom stereocenters. The molecule has 0 unspecified atom stereocenters. The summed E-state index contributed by atoms with van der Waals surface area (Å²) >= 11 is 0. The predicted octanol–water partition coefficient (Wildman–Crippen LogP) is 4.64. The number of para-hydroxylation sites is 1. The van der Waals surface area contributed by atoms with Gasteiger partial charge in [-0.05, 0) is 42.0 Å². The Balaban J connectivity index is 1.89. The van der Waals surface area contributed by atoms with Crippen molar-refractivity contribution < 1.29 is 4.57 Å². The van der Waals surface area contributed by atoms with Crippen molar-refractivity contribution in [2.75, 3.05) is 24.7 Å². The summed E-state index contributed by atoms with van der Waals surface area (Å²) in [5.74, 6) is 0. The van der Waals surface area contributed by atoms with E-state index in [1.165, 1.54) is 27.5 Å². The van der Waals surface area contributed by atoms with E-state index in [1.807, 2.05) is 6.07 Å². The normalized spacial score (nSPS) is 11.5. The lowest BCUT2D eigenvalue weighted by molar-refractivity contribution is -0.645. The fraction of sp³-hybridized carbons (Fsp3) is 0.125. The molecule has 0 saturated carbocycles. The number of nitrogens with two attached hydrogens (primary N) is 1. The molecule has 0 bridgehead atoms. The Bertz CT molecular complexity index is 1160. The summed E-state index contributed by atoms with van der Waals surface area (Å²) < 4.78 is 2.24. The van der Waals surface area contributed by atoms with Crippen molar-refractivity contribution in [3.05, 3.63) is 78.0 Å². The molecule has 3 aromatic carbocycles. The second-order valence-corrected chi connectivity index (χ2v) is 7.09. The average Bonchev–Trinajstić information content (AvgIpc) is 2.68. The maximum atomic E-state index is 6.10. The van der Waals surface area contributed by atoms with Crippen molar-refractivity contribution in [1.29, 1.82) is 0 Å². The molecular weight excluding hydrogens is 330 g/mol. The van der Waals surface area contributed by atoms with E-state index in [0.29, 0.717) is 0 Å². The van der Waals surface area contributed by atoms with Gasteiger partial charge in [0.15, 0.2) is 0 Å². The van der Waals surface area contributed by atoms with E-state index >= 15 is 0 Å². The number of rotatable bonds is 3. The van der Waals surface area contributed by atoms with E-state index < -0.39 is 0 Å². The van der Waals surface area contributed by atoms with Crippen LogP contribution in [0.25, 0.3) is 33.8 Å². The Morgan fingerprint density at radius 2 is 1.56 bits per heavy atom. The van der Waals surface area contributed by atoms with Crippen molar-refractivity contribution in [2.24, 2.45) is 7.05 Å². The highest BCUT2D eigenvalue weighted by Gasteiger charge is 2.16. The second kappa shape index (κ2) is 6.76. The lowest BCUT2D eigenvalue weighted by atomic mass is 10.0. The molecular formula is C24H24N3+. The Kier molecular flexibility index (Phi) is 4.28. The van der Waals surface area contributed by atoms with Crippen LogP contribution < -0.4 is 15.2 Å². The topological polar surface area (TPSA) is 33.1 Å². The number of benzene rings is 3. The molecule has 0 radical (unpaired) electrons. The molecule has 0 amide bonds. The zero-order valence-corrected chi connectivity index (χ0v) is 16.0. The summed E-state index contributed by atoms with van der Waals surface area (Å²) in [4.78, 5) is 2.10. The molecule has 3 heteroatoms. The van der Waals surface area contributed by atoms with Gasteiger partial charge in [0.25, 0.3) is 0 Å². The van der Waals surface area contributed by atoms with E-state index in [0.717, 1.165) is 16.8 Å². The van der Waals surface area contributed by atoms with Crippen LogP contribution >= 0.6 is 0 Å². The quantitative estimate of drug-likeness (QED) is 0.330. The molecule has 0 aliphatic heterocycles. The van der Waals surface area contributed by atoms with Crippen LogP contribution in [0.1, 0.15) is 11.3 Å². The van der Waals surface area contributed by atoms with Crippen molar-refractivity contribution in [2.45, 2.75) is 0 Å². The molecule has 1 aromatic heterocycles. The first-order valence-electron chi connectivity index (χ1n) is 9.10. The van der Waals surface area contributed by atoms with Crippen molar-refractivity contribution in [3.63, 3.8) is 0 Å². The van der Waals surface area contributed by atoms with Gasteiger partial charge < -0.3 is 10.6 Å². The van der Waals surface area contributed by atoms with Gasteiger partial charge in [-0.1, -0.05) is 30.3 Å². The lowest BCUT2D eigenvalue weighted by Gasteiger charge is -2.11. The highest BCUT2D eigenvalue weighted by Crippen LogP contribution is 2.28. The van der Waals surface area contributed by atoms with Gasteiger partial charge in [-0.2, -0.15) is 4.57 Å². The molecule has 27 heavy (non-hydrogen) atoms. The first-order chi connectivity index (χ1) is 13.0.